The van der Waals surface area contributed by atoms with Gasteiger partial charge >= 0.3 is 5.91 Å². The van der Waals surface area contributed by atoms with Gasteiger partial charge in [0.25, 0.3) is 5.89 Å². The first-order valence-electron chi connectivity index (χ1n) is 9.24. The predicted octanol–water partition coefficient (Wildman–Crippen LogP) is 2.40. The Morgan fingerprint density at radius 1 is 1.12 bits per heavy atom. The van der Waals surface area contributed by atoms with Crippen molar-refractivity contribution in [3.63, 3.8) is 0 Å². The zero-order chi connectivity index (χ0) is 17.1. The Morgan fingerprint density at radius 2 is 1.88 bits per heavy atom. The van der Waals surface area contributed by atoms with Crippen molar-refractivity contribution in [3.05, 3.63) is 30.2 Å². The van der Waals surface area contributed by atoms with Crippen LogP contribution in [0.3, 0.4) is 0 Å². The number of para-hydroxylation sites is 2. The Labute approximate surface area is 147 Å². The highest BCUT2D eigenvalue weighted by Crippen LogP contribution is 2.23. The number of benzene rings is 1. The van der Waals surface area contributed by atoms with Crippen molar-refractivity contribution < 1.29 is 13.9 Å². The molecule has 0 unspecified atom stereocenters. The number of oxazole rings is 1. The predicted molar refractivity (Wildman–Crippen MR) is 94.5 cm³/mol. The monoisotopic (exact) mass is 343 g/mol. The van der Waals surface area contributed by atoms with Crippen LogP contribution in [0.2, 0.25) is 0 Å². The van der Waals surface area contributed by atoms with E-state index in [2.05, 4.69) is 9.88 Å². The van der Waals surface area contributed by atoms with Crippen LogP contribution in [0.25, 0.3) is 11.1 Å². The molecule has 2 aromatic rings. The van der Waals surface area contributed by atoms with Crippen molar-refractivity contribution in [2.75, 3.05) is 45.9 Å². The summed E-state index contributed by atoms with van der Waals surface area (Å²) in [6.07, 6.45) is 3.34. The number of amides is 1. The standard InChI is InChI=1S/C19H25N3O3/c23-19(18-20-16-3-1-2-4-17(16)25-18)22-9-6-15(7-10-22)5-8-21-11-13-24-14-12-21/h1-4,15H,5-14H2. The van der Waals surface area contributed by atoms with Gasteiger partial charge in [0.2, 0.25) is 0 Å². The maximum atomic E-state index is 12.6. The summed E-state index contributed by atoms with van der Waals surface area (Å²) < 4.78 is 11.0. The molecule has 0 spiro atoms. The molecule has 0 N–H and O–H groups in total. The van der Waals surface area contributed by atoms with Crippen LogP contribution < -0.4 is 0 Å². The van der Waals surface area contributed by atoms with Gasteiger partial charge in [-0.1, -0.05) is 12.1 Å². The van der Waals surface area contributed by atoms with Crippen LogP contribution in [0.4, 0.5) is 0 Å². The molecule has 0 saturated carbocycles. The Hall–Kier alpha value is -1.92. The zero-order valence-corrected chi connectivity index (χ0v) is 14.5. The van der Waals surface area contributed by atoms with Crippen molar-refractivity contribution >= 4 is 17.0 Å². The number of nitrogens with zero attached hydrogens (tertiary/aromatic N) is 3. The summed E-state index contributed by atoms with van der Waals surface area (Å²) in [6.45, 7) is 6.56. The lowest BCUT2D eigenvalue weighted by Gasteiger charge is -2.33. The molecule has 1 aromatic heterocycles. The van der Waals surface area contributed by atoms with E-state index in [1.165, 1.54) is 6.42 Å². The Bertz CT molecular complexity index is 683. The van der Waals surface area contributed by atoms with Gasteiger partial charge < -0.3 is 14.1 Å². The molecule has 0 bridgehead atoms. The molecule has 2 aliphatic heterocycles. The normalized spacial score (nSPS) is 20.2. The van der Waals surface area contributed by atoms with Gasteiger partial charge in [-0.05, 0) is 43.9 Å². The van der Waals surface area contributed by atoms with Crippen molar-refractivity contribution in [2.24, 2.45) is 5.92 Å². The number of hydrogen-bond donors (Lipinski definition) is 0. The quantitative estimate of drug-likeness (QED) is 0.853. The molecule has 1 amide bonds. The SMILES string of the molecule is O=C(c1nc2ccccc2o1)N1CCC(CCN2CCOCC2)CC1. The van der Waals surface area contributed by atoms with Crippen molar-refractivity contribution in [3.8, 4) is 0 Å². The van der Waals surface area contributed by atoms with Gasteiger partial charge in [0.05, 0.1) is 13.2 Å². The number of likely N-dealkylation sites (tertiary alicyclic amines) is 1. The fraction of sp³-hybridized carbons (Fsp3) is 0.579. The number of aromatic nitrogens is 1. The first-order valence-corrected chi connectivity index (χ1v) is 9.24. The van der Waals surface area contributed by atoms with Gasteiger partial charge in [-0.2, -0.15) is 0 Å². The van der Waals surface area contributed by atoms with E-state index >= 15 is 0 Å². The summed E-state index contributed by atoms with van der Waals surface area (Å²) in [7, 11) is 0. The first-order chi connectivity index (χ1) is 12.3. The lowest BCUT2D eigenvalue weighted by molar-refractivity contribution is 0.0330. The molecule has 0 radical (unpaired) electrons. The van der Waals surface area contributed by atoms with Gasteiger partial charge in [0.1, 0.15) is 5.52 Å². The molecular weight excluding hydrogens is 318 g/mol. The van der Waals surface area contributed by atoms with E-state index in [0.717, 1.165) is 64.3 Å². The summed E-state index contributed by atoms with van der Waals surface area (Å²) in [6, 6.07) is 7.51. The van der Waals surface area contributed by atoms with Gasteiger partial charge in [0.15, 0.2) is 5.58 Å². The molecular formula is C19H25N3O3. The van der Waals surface area contributed by atoms with Crippen LogP contribution in [0.15, 0.2) is 28.7 Å². The van der Waals surface area contributed by atoms with E-state index in [4.69, 9.17) is 9.15 Å². The molecule has 1 aromatic carbocycles. The fourth-order valence-electron chi connectivity index (χ4n) is 3.71. The van der Waals surface area contributed by atoms with Crippen LogP contribution in [-0.4, -0.2) is 66.6 Å². The summed E-state index contributed by atoms with van der Waals surface area (Å²) in [5.41, 5.74) is 1.41. The molecule has 6 heteroatoms. The molecule has 0 atom stereocenters. The third-order valence-electron chi connectivity index (χ3n) is 5.34. The molecule has 25 heavy (non-hydrogen) atoms. The minimum atomic E-state index is -0.0807. The number of carbonyl (C=O) groups excluding carboxylic acids is 1. The van der Waals surface area contributed by atoms with Crippen LogP contribution >= 0.6 is 0 Å². The Morgan fingerprint density at radius 3 is 2.64 bits per heavy atom. The van der Waals surface area contributed by atoms with E-state index in [1.807, 2.05) is 29.2 Å². The number of carbonyl (C=O) groups is 1. The second kappa shape index (κ2) is 7.54. The molecule has 0 aliphatic carbocycles. The highest BCUT2D eigenvalue weighted by molar-refractivity contribution is 5.92. The highest BCUT2D eigenvalue weighted by Gasteiger charge is 2.27. The molecule has 6 nitrogen and oxygen atoms in total. The zero-order valence-electron chi connectivity index (χ0n) is 14.5. The topological polar surface area (TPSA) is 58.8 Å². The fourth-order valence-corrected chi connectivity index (χ4v) is 3.71. The lowest BCUT2D eigenvalue weighted by Crippen LogP contribution is -2.41. The van der Waals surface area contributed by atoms with Gasteiger partial charge in [-0.15, -0.1) is 0 Å². The van der Waals surface area contributed by atoms with Gasteiger partial charge in [-0.3, -0.25) is 9.69 Å². The van der Waals surface area contributed by atoms with E-state index in [9.17, 15) is 4.79 Å². The van der Waals surface area contributed by atoms with Gasteiger partial charge in [0, 0.05) is 26.2 Å². The highest BCUT2D eigenvalue weighted by atomic mass is 16.5. The number of morpholine rings is 1. The number of hydrogen-bond acceptors (Lipinski definition) is 5. The van der Waals surface area contributed by atoms with E-state index in [0.29, 0.717) is 11.5 Å². The summed E-state index contributed by atoms with van der Waals surface area (Å²) in [5, 5.41) is 0. The minimum Gasteiger partial charge on any atom is -0.432 e. The van der Waals surface area contributed by atoms with E-state index in [-0.39, 0.29) is 11.8 Å². The molecule has 3 heterocycles. The van der Waals surface area contributed by atoms with Crippen LogP contribution in [0.1, 0.15) is 29.9 Å². The third kappa shape index (κ3) is 3.85. The molecule has 134 valence electrons. The van der Waals surface area contributed by atoms with Crippen LogP contribution in [0.5, 0.6) is 0 Å². The van der Waals surface area contributed by atoms with Crippen molar-refractivity contribution in [1.29, 1.82) is 0 Å². The van der Waals surface area contributed by atoms with Gasteiger partial charge in [-0.25, -0.2) is 4.98 Å². The second-order valence-corrected chi connectivity index (χ2v) is 6.97. The largest absolute Gasteiger partial charge is 0.432 e. The number of piperidine rings is 1. The summed E-state index contributed by atoms with van der Waals surface area (Å²) in [5.74, 6) is 0.839. The number of ether oxygens (including phenoxy) is 1. The molecule has 2 aliphatic rings. The average molecular weight is 343 g/mol. The van der Waals surface area contributed by atoms with Crippen molar-refractivity contribution in [2.45, 2.75) is 19.3 Å². The number of rotatable bonds is 4. The van der Waals surface area contributed by atoms with Crippen LogP contribution in [-0.2, 0) is 4.74 Å². The van der Waals surface area contributed by atoms with E-state index in [1.54, 1.807) is 0 Å². The Kier molecular flexibility index (Phi) is 4.99. The number of fused-ring (bicyclic) bond motifs is 1. The van der Waals surface area contributed by atoms with Crippen molar-refractivity contribution in [1.82, 2.24) is 14.8 Å². The average Bonchev–Trinajstić information content (AvgIpc) is 3.11. The smallest absolute Gasteiger partial charge is 0.309 e. The summed E-state index contributed by atoms with van der Waals surface area (Å²) in [4.78, 5) is 21.3. The maximum Gasteiger partial charge on any atom is 0.309 e. The van der Waals surface area contributed by atoms with Crippen LogP contribution in [0, 0.1) is 5.92 Å². The molecule has 4 rings (SSSR count). The second-order valence-electron chi connectivity index (χ2n) is 6.97. The molecule has 2 fully saturated rings. The third-order valence-corrected chi connectivity index (χ3v) is 5.34. The Balaban J connectivity index is 1.28. The lowest BCUT2D eigenvalue weighted by atomic mass is 9.93. The summed E-state index contributed by atoms with van der Waals surface area (Å²) >= 11 is 0. The molecule has 2 saturated heterocycles. The first kappa shape index (κ1) is 16.5. The minimum absolute atomic E-state index is 0.0807. The van der Waals surface area contributed by atoms with E-state index < -0.39 is 0 Å². The maximum absolute atomic E-state index is 12.6.